The van der Waals surface area contributed by atoms with Crippen molar-refractivity contribution >= 4 is 28.2 Å². The summed E-state index contributed by atoms with van der Waals surface area (Å²) in [7, 11) is 1.74. The third kappa shape index (κ3) is 6.31. The van der Waals surface area contributed by atoms with Crippen LogP contribution in [0.4, 0.5) is 10.9 Å². The minimum Gasteiger partial charge on any atom is -0.492 e. The van der Waals surface area contributed by atoms with E-state index >= 15 is 0 Å². The molecule has 1 fully saturated rings. The molecule has 1 aliphatic rings. The Morgan fingerprint density at radius 3 is 2.94 bits per heavy atom. The van der Waals surface area contributed by atoms with Crippen molar-refractivity contribution in [3.05, 3.63) is 65.3 Å². The Balaban J connectivity index is 1.32. The molecule has 4 rings (SSSR count). The van der Waals surface area contributed by atoms with Crippen molar-refractivity contribution < 1.29 is 9.53 Å². The number of nitrogens with zero attached hydrogens (tertiary/aromatic N) is 5. The lowest BCUT2D eigenvalue weighted by atomic mass is 9.94. The number of carbonyl (C=O) groups is 1. The summed E-state index contributed by atoms with van der Waals surface area (Å²) in [5.41, 5.74) is 1.41. The number of para-hydroxylation sites is 1. The molecule has 8 nitrogen and oxygen atoms in total. The van der Waals surface area contributed by atoms with Crippen LogP contribution in [0, 0.1) is 11.3 Å². The SMILES string of the molecule is CN(CCOc1ccccc1)C(=O)c1csc(Nc2cccc(C3CCCN(CC#N)C3)n2)n1. The van der Waals surface area contributed by atoms with Crippen LogP contribution in [0.2, 0.25) is 0 Å². The number of thiazole rings is 1. The summed E-state index contributed by atoms with van der Waals surface area (Å²) in [4.78, 5) is 25.8. The Morgan fingerprint density at radius 2 is 2.12 bits per heavy atom. The van der Waals surface area contributed by atoms with E-state index in [-0.39, 0.29) is 5.91 Å². The molecule has 3 heterocycles. The van der Waals surface area contributed by atoms with Gasteiger partial charge >= 0.3 is 0 Å². The van der Waals surface area contributed by atoms with Gasteiger partial charge in [0.1, 0.15) is 23.9 Å². The van der Waals surface area contributed by atoms with Crippen molar-refractivity contribution in [2.45, 2.75) is 18.8 Å². The largest absolute Gasteiger partial charge is 0.492 e. The van der Waals surface area contributed by atoms with Gasteiger partial charge in [0.25, 0.3) is 5.91 Å². The Labute approximate surface area is 203 Å². The number of anilines is 2. The normalized spacial score (nSPS) is 15.9. The molecule has 0 aliphatic carbocycles. The average molecular weight is 477 g/mol. The van der Waals surface area contributed by atoms with Gasteiger partial charge in [-0.2, -0.15) is 5.26 Å². The number of carbonyl (C=O) groups excluding carboxylic acids is 1. The quantitative estimate of drug-likeness (QED) is 0.464. The number of likely N-dealkylation sites (N-methyl/N-ethyl adjacent to an activating group) is 1. The fourth-order valence-electron chi connectivity index (χ4n) is 3.94. The molecule has 1 amide bonds. The summed E-state index contributed by atoms with van der Waals surface area (Å²) in [5, 5.41) is 14.6. The molecule has 1 saturated heterocycles. The first-order chi connectivity index (χ1) is 16.6. The zero-order valence-electron chi connectivity index (χ0n) is 19.2. The molecule has 1 aliphatic heterocycles. The molecule has 176 valence electrons. The van der Waals surface area contributed by atoms with Gasteiger partial charge in [-0.25, -0.2) is 9.97 Å². The summed E-state index contributed by atoms with van der Waals surface area (Å²) >= 11 is 1.37. The number of likely N-dealkylation sites (tertiary alicyclic amines) is 1. The lowest BCUT2D eigenvalue weighted by Gasteiger charge is -2.30. The van der Waals surface area contributed by atoms with E-state index in [4.69, 9.17) is 15.0 Å². The third-order valence-corrected chi connectivity index (χ3v) is 6.49. The van der Waals surface area contributed by atoms with Gasteiger partial charge in [0.15, 0.2) is 5.13 Å². The van der Waals surface area contributed by atoms with E-state index in [2.05, 4.69) is 21.3 Å². The van der Waals surface area contributed by atoms with Gasteiger partial charge in [0.2, 0.25) is 0 Å². The number of rotatable bonds is 9. The topological polar surface area (TPSA) is 94.4 Å². The van der Waals surface area contributed by atoms with Gasteiger partial charge in [-0.15, -0.1) is 11.3 Å². The van der Waals surface area contributed by atoms with E-state index in [1.54, 1.807) is 17.3 Å². The number of amides is 1. The molecule has 0 spiro atoms. The Hall–Kier alpha value is -3.48. The van der Waals surface area contributed by atoms with Crippen LogP contribution in [-0.2, 0) is 0 Å². The number of benzene rings is 1. The second-order valence-electron chi connectivity index (χ2n) is 8.23. The highest BCUT2D eigenvalue weighted by Crippen LogP contribution is 2.27. The maximum absolute atomic E-state index is 12.7. The maximum Gasteiger partial charge on any atom is 0.273 e. The summed E-state index contributed by atoms with van der Waals surface area (Å²) < 4.78 is 5.68. The Kier molecular flexibility index (Phi) is 8.07. The highest BCUT2D eigenvalue weighted by Gasteiger charge is 2.22. The molecular formula is C25H28N6O2S. The number of pyridine rings is 1. The lowest BCUT2D eigenvalue weighted by molar-refractivity contribution is 0.0769. The number of aromatic nitrogens is 2. The Morgan fingerprint density at radius 1 is 1.26 bits per heavy atom. The van der Waals surface area contributed by atoms with Gasteiger partial charge in [0.05, 0.1) is 19.2 Å². The number of hydrogen-bond donors (Lipinski definition) is 1. The highest BCUT2D eigenvalue weighted by atomic mass is 32.1. The molecule has 1 unspecified atom stereocenters. The number of ether oxygens (including phenoxy) is 1. The minimum atomic E-state index is -0.150. The molecule has 0 bridgehead atoms. The van der Waals surface area contributed by atoms with Crippen molar-refractivity contribution in [3.63, 3.8) is 0 Å². The zero-order chi connectivity index (χ0) is 23.8. The third-order valence-electron chi connectivity index (χ3n) is 5.73. The molecule has 9 heteroatoms. The van der Waals surface area contributed by atoms with E-state index in [1.165, 1.54) is 11.3 Å². The summed E-state index contributed by atoms with van der Waals surface area (Å²) in [5.74, 6) is 1.64. The van der Waals surface area contributed by atoms with E-state index in [0.29, 0.717) is 42.3 Å². The number of nitriles is 1. The van der Waals surface area contributed by atoms with Crippen LogP contribution in [0.15, 0.2) is 53.9 Å². The van der Waals surface area contributed by atoms with Crippen molar-refractivity contribution in [2.75, 3.05) is 45.2 Å². The number of piperidine rings is 1. The predicted molar refractivity (Wildman–Crippen MR) is 133 cm³/mol. The monoisotopic (exact) mass is 476 g/mol. The smallest absolute Gasteiger partial charge is 0.273 e. The van der Waals surface area contributed by atoms with Crippen LogP contribution in [0.5, 0.6) is 5.75 Å². The van der Waals surface area contributed by atoms with Crippen LogP contribution in [0.1, 0.15) is 34.9 Å². The summed E-state index contributed by atoms with van der Waals surface area (Å²) in [6.45, 7) is 3.13. The Bertz CT molecular complexity index is 1130. The predicted octanol–water partition coefficient (Wildman–Crippen LogP) is 4.14. The van der Waals surface area contributed by atoms with E-state index in [1.807, 2.05) is 48.5 Å². The minimum absolute atomic E-state index is 0.150. The second kappa shape index (κ2) is 11.6. The molecule has 2 aromatic heterocycles. The van der Waals surface area contributed by atoms with Crippen molar-refractivity contribution in [2.24, 2.45) is 0 Å². The fourth-order valence-corrected chi connectivity index (χ4v) is 4.63. The van der Waals surface area contributed by atoms with E-state index < -0.39 is 0 Å². The molecule has 1 aromatic carbocycles. The fraction of sp³-hybridized carbons (Fsp3) is 0.360. The van der Waals surface area contributed by atoms with Crippen LogP contribution in [-0.4, -0.2) is 65.5 Å². The van der Waals surface area contributed by atoms with Crippen LogP contribution >= 0.6 is 11.3 Å². The van der Waals surface area contributed by atoms with Gasteiger partial charge in [-0.1, -0.05) is 24.3 Å². The number of hydrogen-bond acceptors (Lipinski definition) is 8. The molecule has 3 aromatic rings. The van der Waals surface area contributed by atoms with Crippen molar-refractivity contribution in [1.29, 1.82) is 5.26 Å². The van der Waals surface area contributed by atoms with E-state index in [0.717, 1.165) is 37.4 Å². The molecular weight excluding hydrogens is 448 g/mol. The van der Waals surface area contributed by atoms with Gasteiger partial charge < -0.3 is 15.0 Å². The number of nitrogens with one attached hydrogen (secondary N) is 1. The van der Waals surface area contributed by atoms with Crippen LogP contribution in [0.3, 0.4) is 0 Å². The lowest BCUT2D eigenvalue weighted by Crippen LogP contribution is -2.34. The molecule has 1 atom stereocenters. The maximum atomic E-state index is 12.7. The van der Waals surface area contributed by atoms with Crippen LogP contribution < -0.4 is 10.1 Å². The zero-order valence-corrected chi connectivity index (χ0v) is 20.0. The van der Waals surface area contributed by atoms with Gasteiger partial charge in [-0.3, -0.25) is 9.69 Å². The molecule has 0 radical (unpaired) electrons. The van der Waals surface area contributed by atoms with Gasteiger partial charge in [-0.05, 0) is 43.7 Å². The molecule has 0 saturated carbocycles. The van der Waals surface area contributed by atoms with Crippen molar-refractivity contribution in [1.82, 2.24) is 19.8 Å². The van der Waals surface area contributed by atoms with Crippen LogP contribution in [0.25, 0.3) is 0 Å². The average Bonchev–Trinajstić information content (AvgIpc) is 3.33. The summed E-state index contributed by atoms with van der Waals surface area (Å²) in [6, 6.07) is 17.7. The highest BCUT2D eigenvalue weighted by molar-refractivity contribution is 7.14. The first-order valence-corrected chi connectivity index (χ1v) is 12.2. The summed E-state index contributed by atoms with van der Waals surface area (Å²) in [6.07, 6.45) is 2.13. The molecule has 1 N–H and O–H groups in total. The first-order valence-electron chi connectivity index (χ1n) is 11.3. The second-order valence-corrected chi connectivity index (χ2v) is 9.09. The van der Waals surface area contributed by atoms with Crippen molar-refractivity contribution in [3.8, 4) is 11.8 Å². The van der Waals surface area contributed by atoms with Gasteiger partial charge in [0, 0.05) is 30.6 Å². The first kappa shape index (κ1) is 23.7. The standard InChI is InChI=1S/C25H28N6O2S/c1-30(15-16-33-20-8-3-2-4-9-20)24(32)22-18-34-25(28-22)29-23-11-5-10-21(27-23)19-7-6-13-31(17-19)14-12-26/h2-5,8-11,18-19H,6-7,13-17H2,1H3,(H,27,28,29). The molecule has 34 heavy (non-hydrogen) atoms. The van der Waals surface area contributed by atoms with E-state index in [9.17, 15) is 4.79 Å².